The summed E-state index contributed by atoms with van der Waals surface area (Å²) in [7, 11) is 1.61. The molecule has 0 bridgehead atoms. The molecule has 9 heteroatoms. The van der Waals surface area contributed by atoms with Crippen LogP contribution in [0, 0.1) is 0 Å². The van der Waals surface area contributed by atoms with Gasteiger partial charge in [0.1, 0.15) is 5.75 Å². The highest BCUT2D eigenvalue weighted by atomic mass is 32.2. The van der Waals surface area contributed by atoms with Crippen molar-refractivity contribution in [2.45, 2.75) is 17.9 Å². The van der Waals surface area contributed by atoms with Crippen LogP contribution in [0.1, 0.15) is 18.5 Å². The number of urea groups is 1. The van der Waals surface area contributed by atoms with Gasteiger partial charge in [0, 0.05) is 16.3 Å². The summed E-state index contributed by atoms with van der Waals surface area (Å²) in [6, 6.07) is 11.8. The average Bonchev–Trinajstić information content (AvgIpc) is 3.25. The Morgan fingerprint density at radius 2 is 1.94 bits per heavy atom. The normalized spacial score (nSPS) is 17.1. The number of thioether (sulfide) groups is 1. The van der Waals surface area contributed by atoms with Crippen molar-refractivity contribution in [2.75, 3.05) is 26.3 Å². The van der Waals surface area contributed by atoms with Crippen LogP contribution >= 0.6 is 11.8 Å². The SMILES string of the molecule is CCOC(=O)C1=C(CSc2ccc(OC)cc2)NC(=O)N[C@@H]1c1ccc2c(c1)OCO2. The summed E-state index contributed by atoms with van der Waals surface area (Å²) in [6.45, 7) is 2.11. The Kier molecular flexibility index (Phi) is 6.22. The van der Waals surface area contributed by atoms with Crippen LogP contribution in [0.5, 0.6) is 17.2 Å². The maximum Gasteiger partial charge on any atom is 0.338 e. The van der Waals surface area contributed by atoms with Crippen LogP contribution in [0.3, 0.4) is 0 Å². The smallest absolute Gasteiger partial charge is 0.338 e. The molecule has 0 saturated heterocycles. The van der Waals surface area contributed by atoms with Crippen LogP contribution in [0.2, 0.25) is 0 Å². The summed E-state index contributed by atoms with van der Waals surface area (Å²) in [5, 5.41) is 5.60. The van der Waals surface area contributed by atoms with Gasteiger partial charge in [-0.2, -0.15) is 0 Å². The molecule has 0 aromatic heterocycles. The summed E-state index contributed by atoms with van der Waals surface area (Å²) in [5.41, 5.74) is 1.57. The van der Waals surface area contributed by atoms with Gasteiger partial charge in [0.05, 0.1) is 25.3 Å². The zero-order chi connectivity index (χ0) is 21.8. The van der Waals surface area contributed by atoms with Crippen molar-refractivity contribution < 1.29 is 28.5 Å². The molecule has 2 aliphatic heterocycles. The van der Waals surface area contributed by atoms with Gasteiger partial charge in [0.15, 0.2) is 11.5 Å². The molecule has 4 rings (SSSR count). The first-order valence-corrected chi connectivity index (χ1v) is 10.7. The van der Waals surface area contributed by atoms with Crippen molar-refractivity contribution in [3.63, 3.8) is 0 Å². The number of esters is 1. The molecule has 0 unspecified atom stereocenters. The summed E-state index contributed by atoms with van der Waals surface area (Å²) in [6.07, 6.45) is 0. The summed E-state index contributed by atoms with van der Waals surface area (Å²) < 4.78 is 21.3. The van der Waals surface area contributed by atoms with E-state index in [0.29, 0.717) is 34.1 Å². The van der Waals surface area contributed by atoms with E-state index in [-0.39, 0.29) is 19.4 Å². The van der Waals surface area contributed by atoms with E-state index in [2.05, 4.69) is 10.6 Å². The minimum absolute atomic E-state index is 0.141. The number of hydrogen-bond acceptors (Lipinski definition) is 7. The number of nitrogens with one attached hydrogen (secondary N) is 2. The zero-order valence-corrected chi connectivity index (χ0v) is 17.9. The Hall–Kier alpha value is -3.33. The first-order chi connectivity index (χ1) is 15.1. The second-order valence-corrected chi connectivity index (χ2v) is 7.77. The van der Waals surface area contributed by atoms with Crippen LogP contribution in [0.25, 0.3) is 0 Å². The van der Waals surface area contributed by atoms with Gasteiger partial charge in [0.25, 0.3) is 0 Å². The average molecular weight is 442 g/mol. The van der Waals surface area contributed by atoms with Crippen molar-refractivity contribution in [1.82, 2.24) is 10.6 Å². The fraction of sp³-hybridized carbons (Fsp3) is 0.273. The van der Waals surface area contributed by atoms with Crippen molar-refractivity contribution in [2.24, 2.45) is 0 Å². The van der Waals surface area contributed by atoms with Gasteiger partial charge in [-0.25, -0.2) is 9.59 Å². The quantitative estimate of drug-likeness (QED) is 0.501. The minimum Gasteiger partial charge on any atom is -0.497 e. The van der Waals surface area contributed by atoms with Crippen LogP contribution in [0.15, 0.2) is 58.6 Å². The number of hydrogen-bond donors (Lipinski definition) is 2. The van der Waals surface area contributed by atoms with E-state index < -0.39 is 12.0 Å². The molecule has 162 valence electrons. The van der Waals surface area contributed by atoms with E-state index >= 15 is 0 Å². The molecule has 0 radical (unpaired) electrons. The van der Waals surface area contributed by atoms with Crippen molar-refractivity contribution in [1.29, 1.82) is 0 Å². The molecule has 0 saturated carbocycles. The number of methoxy groups -OCH3 is 1. The van der Waals surface area contributed by atoms with Crippen molar-refractivity contribution in [3.8, 4) is 17.2 Å². The van der Waals surface area contributed by atoms with Crippen molar-refractivity contribution >= 4 is 23.8 Å². The molecule has 2 aliphatic rings. The molecule has 0 spiro atoms. The first-order valence-electron chi connectivity index (χ1n) is 9.73. The number of rotatable bonds is 7. The second kappa shape index (κ2) is 9.22. The summed E-state index contributed by atoms with van der Waals surface area (Å²) >= 11 is 1.50. The molecule has 0 aliphatic carbocycles. The fourth-order valence-corrected chi connectivity index (χ4v) is 4.22. The number of ether oxygens (including phenoxy) is 4. The first kappa shape index (κ1) is 20.9. The molecule has 2 amide bonds. The third-order valence-electron chi connectivity index (χ3n) is 4.82. The number of amides is 2. The number of carbonyl (C=O) groups is 2. The number of fused-ring (bicyclic) bond motifs is 1. The van der Waals surface area contributed by atoms with Crippen LogP contribution < -0.4 is 24.8 Å². The Morgan fingerprint density at radius 1 is 1.16 bits per heavy atom. The predicted octanol–water partition coefficient (Wildman–Crippen LogP) is 3.39. The zero-order valence-electron chi connectivity index (χ0n) is 17.1. The lowest BCUT2D eigenvalue weighted by molar-refractivity contribution is -0.139. The van der Waals surface area contributed by atoms with Gasteiger partial charge in [0.2, 0.25) is 6.79 Å². The Balaban J connectivity index is 1.66. The highest BCUT2D eigenvalue weighted by molar-refractivity contribution is 7.99. The van der Waals surface area contributed by atoms with Gasteiger partial charge in [-0.15, -0.1) is 11.8 Å². The van der Waals surface area contributed by atoms with Gasteiger partial charge in [-0.3, -0.25) is 0 Å². The fourth-order valence-electron chi connectivity index (χ4n) is 3.35. The van der Waals surface area contributed by atoms with E-state index in [9.17, 15) is 9.59 Å². The molecule has 8 nitrogen and oxygen atoms in total. The molecule has 2 N–H and O–H groups in total. The van der Waals surface area contributed by atoms with E-state index in [1.54, 1.807) is 32.2 Å². The lowest BCUT2D eigenvalue weighted by Gasteiger charge is -2.29. The highest BCUT2D eigenvalue weighted by Crippen LogP contribution is 2.37. The van der Waals surface area contributed by atoms with Crippen LogP contribution in [0.4, 0.5) is 4.79 Å². The predicted molar refractivity (Wildman–Crippen MR) is 114 cm³/mol. The minimum atomic E-state index is -0.672. The number of benzene rings is 2. The van der Waals surface area contributed by atoms with Gasteiger partial charge in [-0.1, -0.05) is 6.07 Å². The largest absolute Gasteiger partial charge is 0.497 e. The molecular weight excluding hydrogens is 420 g/mol. The summed E-state index contributed by atoms with van der Waals surface area (Å²) in [5.74, 6) is 1.86. The van der Waals surface area contributed by atoms with Crippen LogP contribution in [-0.4, -0.2) is 38.3 Å². The second-order valence-electron chi connectivity index (χ2n) is 6.72. The van der Waals surface area contributed by atoms with E-state index in [1.807, 2.05) is 24.3 Å². The van der Waals surface area contributed by atoms with E-state index in [0.717, 1.165) is 10.6 Å². The molecule has 1 atom stereocenters. The van der Waals surface area contributed by atoms with Crippen LogP contribution in [-0.2, 0) is 9.53 Å². The molecule has 2 heterocycles. The lowest BCUT2D eigenvalue weighted by atomic mass is 9.95. The molecule has 31 heavy (non-hydrogen) atoms. The number of carbonyl (C=O) groups excluding carboxylic acids is 2. The molecule has 0 fully saturated rings. The van der Waals surface area contributed by atoms with Gasteiger partial charge >= 0.3 is 12.0 Å². The Bertz CT molecular complexity index is 1020. The molecule has 2 aromatic rings. The Morgan fingerprint density at radius 3 is 2.68 bits per heavy atom. The third-order valence-corrected chi connectivity index (χ3v) is 5.86. The maximum absolute atomic E-state index is 12.9. The van der Waals surface area contributed by atoms with Gasteiger partial charge < -0.3 is 29.6 Å². The maximum atomic E-state index is 12.9. The molecular formula is C22H22N2O6S. The van der Waals surface area contributed by atoms with Crippen molar-refractivity contribution in [3.05, 3.63) is 59.3 Å². The standard InChI is InChI=1S/C22H22N2O6S/c1-3-28-21(25)19-16(11-31-15-7-5-14(27-2)6-8-15)23-22(26)24-20(19)13-4-9-17-18(10-13)30-12-29-17/h4-10,20H,3,11-12H2,1-2H3,(H2,23,24,26)/t20-/m1/s1. The summed E-state index contributed by atoms with van der Waals surface area (Å²) in [4.78, 5) is 26.3. The highest BCUT2D eigenvalue weighted by Gasteiger charge is 2.34. The molecule has 2 aromatic carbocycles. The third kappa shape index (κ3) is 4.56. The monoisotopic (exact) mass is 442 g/mol. The van der Waals surface area contributed by atoms with E-state index in [1.165, 1.54) is 11.8 Å². The lowest BCUT2D eigenvalue weighted by Crippen LogP contribution is -2.46. The van der Waals surface area contributed by atoms with E-state index in [4.69, 9.17) is 18.9 Å². The Labute approximate surface area is 183 Å². The topological polar surface area (TPSA) is 95.1 Å². The van der Waals surface area contributed by atoms with Gasteiger partial charge in [-0.05, 0) is 48.9 Å².